The fraction of sp³-hybridized carbons (Fsp3) is 0.222. The van der Waals surface area contributed by atoms with Crippen molar-refractivity contribution in [1.82, 2.24) is 5.32 Å². The first-order valence-electron chi connectivity index (χ1n) is 7.24. The van der Waals surface area contributed by atoms with Crippen LogP contribution >= 0.6 is 11.6 Å². The number of rotatable bonds is 5. The van der Waals surface area contributed by atoms with Crippen LogP contribution in [-0.2, 0) is 6.54 Å². The lowest BCUT2D eigenvalue weighted by molar-refractivity contribution is 0.515. The van der Waals surface area contributed by atoms with E-state index >= 15 is 0 Å². The molecule has 1 unspecified atom stereocenters. The van der Waals surface area contributed by atoms with Crippen LogP contribution in [0.1, 0.15) is 30.5 Å². The highest BCUT2D eigenvalue weighted by molar-refractivity contribution is 6.30. The normalized spacial score (nSPS) is 12.7. The minimum Gasteiger partial charge on any atom is -0.444 e. The smallest absolute Gasteiger partial charge is 0.199 e. The SMILES string of the molecule is CCC(NCc1c(Cl)oc2ccccc12)c1ccccc1. The lowest BCUT2D eigenvalue weighted by Gasteiger charge is -2.17. The van der Waals surface area contributed by atoms with Gasteiger partial charge in [0.2, 0.25) is 0 Å². The summed E-state index contributed by atoms with van der Waals surface area (Å²) in [5, 5.41) is 5.14. The van der Waals surface area contributed by atoms with Gasteiger partial charge >= 0.3 is 0 Å². The van der Waals surface area contributed by atoms with Crippen molar-refractivity contribution in [1.29, 1.82) is 0 Å². The Morgan fingerprint density at radius 3 is 2.52 bits per heavy atom. The fourth-order valence-electron chi connectivity index (χ4n) is 2.64. The Morgan fingerprint density at radius 2 is 1.76 bits per heavy atom. The van der Waals surface area contributed by atoms with Crippen molar-refractivity contribution in [2.24, 2.45) is 0 Å². The van der Waals surface area contributed by atoms with E-state index < -0.39 is 0 Å². The summed E-state index contributed by atoms with van der Waals surface area (Å²) in [7, 11) is 0. The maximum absolute atomic E-state index is 6.23. The van der Waals surface area contributed by atoms with E-state index in [2.05, 4.69) is 36.5 Å². The van der Waals surface area contributed by atoms with Crippen molar-refractivity contribution in [3.8, 4) is 0 Å². The van der Waals surface area contributed by atoms with Gasteiger partial charge in [0, 0.05) is 23.5 Å². The van der Waals surface area contributed by atoms with Crippen LogP contribution < -0.4 is 5.32 Å². The van der Waals surface area contributed by atoms with Crippen LogP contribution in [-0.4, -0.2) is 0 Å². The first-order valence-corrected chi connectivity index (χ1v) is 7.61. The summed E-state index contributed by atoms with van der Waals surface area (Å²) in [5.74, 6) is 0. The molecule has 0 aliphatic heterocycles. The topological polar surface area (TPSA) is 25.2 Å². The lowest BCUT2D eigenvalue weighted by atomic mass is 10.0. The number of nitrogens with one attached hydrogen (secondary N) is 1. The van der Waals surface area contributed by atoms with Crippen molar-refractivity contribution < 1.29 is 4.42 Å². The molecule has 0 aliphatic carbocycles. The zero-order valence-corrected chi connectivity index (χ0v) is 12.7. The predicted molar refractivity (Wildman–Crippen MR) is 87.5 cm³/mol. The van der Waals surface area contributed by atoms with E-state index in [1.807, 2.05) is 30.3 Å². The highest BCUT2D eigenvalue weighted by Gasteiger charge is 2.14. The molecule has 0 saturated heterocycles. The molecule has 3 aromatic rings. The largest absolute Gasteiger partial charge is 0.444 e. The molecule has 1 N–H and O–H groups in total. The molecule has 0 fully saturated rings. The molecule has 2 nitrogen and oxygen atoms in total. The molecule has 0 amide bonds. The van der Waals surface area contributed by atoms with Crippen LogP contribution in [0.2, 0.25) is 5.22 Å². The summed E-state index contributed by atoms with van der Waals surface area (Å²) in [4.78, 5) is 0. The third kappa shape index (κ3) is 2.97. The standard InChI is InChI=1S/C18H18ClNO/c1-2-16(13-8-4-3-5-9-13)20-12-15-14-10-6-7-11-17(14)21-18(15)19/h3-11,16,20H,2,12H2,1H3. The quantitative estimate of drug-likeness (QED) is 0.689. The Morgan fingerprint density at radius 1 is 1.05 bits per heavy atom. The van der Waals surface area contributed by atoms with Crippen LogP contribution in [0.5, 0.6) is 0 Å². The third-order valence-electron chi connectivity index (χ3n) is 3.78. The lowest BCUT2D eigenvalue weighted by Crippen LogP contribution is -2.20. The Hall–Kier alpha value is -1.77. The van der Waals surface area contributed by atoms with Gasteiger partial charge in [-0.3, -0.25) is 0 Å². The highest BCUT2D eigenvalue weighted by Crippen LogP contribution is 2.30. The maximum atomic E-state index is 6.23. The van der Waals surface area contributed by atoms with Gasteiger partial charge in [-0.05, 0) is 29.7 Å². The van der Waals surface area contributed by atoms with E-state index in [-0.39, 0.29) is 0 Å². The van der Waals surface area contributed by atoms with E-state index in [4.69, 9.17) is 16.0 Å². The second-order valence-corrected chi connectivity index (χ2v) is 5.45. The fourth-order valence-corrected chi connectivity index (χ4v) is 2.89. The minimum absolute atomic E-state index is 0.316. The summed E-state index contributed by atoms with van der Waals surface area (Å²) in [6, 6.07) is 18.7. The molecule has 1 atom stereocenters. The Bertz CT molecular complexity index is 720. The number of halogens is 1. The molecule has 0 bridgehead atoms. The monoisotopic (exact) mass is 299 g/mol. The van der Waals surface area contributed by atoms with Gasteiger partial charge in [0.25, 0.3) is 0 Å². The molecule has 1 aromatic heterocycles. The summed E-state index contributed by atoms with van der Waals surface area (Å²) >= 11 is 6.23. The van der Waals surface area contributed by atoms with Crippen molar-refractivity contribution >= 4 is 22.6 Å². The predicted octanol–water partition coefficient (Wildman–Crippen LogP) is 5.33. The van der Waals surface area contributed by atoms with E-state index in [0.29, 0.717) is 17.8 Å². The van der Waals surface area contributed by atoms with Gasteiger partial charge in [-0.15, -0.1) is 0 Å². The Kier molecular flexibility index (Phi) is 4.28. The Labute approximate surface area is 129 Å². The molecule has 0 radical (unpaired) electrons. The molecule has 1 heterocycles. The maximum Gasteiger partial charge on any atom is 0.199 e. The van der Waals surface area contributed by atoms with Gasteiger partial charge < -0.3 is 9.73 Å². The van der Waals surface area contributed by atoms with Crippen molar-refractivity contribution in [3.63, 3.8) is 0 Å². The average Bonchev–Trinajstić information content (AvgIpc) is 2.85. The summed E-state index contributed by atoms with van der Waals surface area (Å²) < 4.78 is 5.60. The molecule has 3 rings (SSSR count). The number of para-hydroxylation sites is 1. The number of furan rings is 1. The molecule has 3 heteroatoms. The van der Waals surface area contributed by atoms with Crippen LogP contribution in [0.15, 0.2) is 59.0 Å². The van der Waals surface area contributed by atoms with Crippen LogP contribution in [0.25, 0.3) is 11.0 Å². The summed E-state index contributed by atoms with van der Waals surface area (Å²) in [6.07, 6.45) is 1.03. The van der Waals surface area contributed by atoms with Crippen LogP contribution in [0, 0.1) is 0 Å². The van der Waals surface area contributed by atoms with E-state index in [9.17, 15) is 0 Å². The van der Waals surface area contributed by atoms with Gasteiger partial charge in [0.1, 0.15) is 5.58 Å². The third-order valence-corrected chi connectivity index (χ3v) is 4.09. The summed E-state index contributed by atoms with van der Waals surface area (Å²) in [6.45, 7) is 2.88. The second kappa shape index (κ2) is 6.33. The molecule has 2 aromatic carbocycles. The van der Waals surface area contributed by atoms with Crippen LogP contribution in [0.3, 0.4) is 0 Å². The van der Waals surface area contributed by atoms with Gasteiger partial charge in [0.15, 0.2) is 5.22 Å². The molecule has 0 aliphatic rings. The van der Waals surface area contributed by atoms with Crippen LogP contribution in [0.4, 0.5) is 0 Å². The molecule has 0 saturated carbocycles. The number of hydrogen-bond acceptors (Lipinski definition) is 2. The molecule has 0 spiro atoms. The molecule has 108 valence electrons. The number of hydrogen-bond donors (Lipinski definition) is 1. The molecular weight excluding hydrogens is 282 g/mol. The zero-order valence-electron chi connectivity index (χ0n) is 12.0. The van der Waals surface area contributed by atoms with E-state index in [1.165, 1.54) is 5.56 Å². The first-order chi connectivity index (χ1) is 10.3. The van der Waals surface area contributed by atoms with E-state index in [0.717, 1.165) is 23.0 Å². The summed E-state index contributed by atoms with van der Waals surface area (Å²) in [5.41, 5.74) is 3.16. The van der Waals surface area contributed by atoms with Gasteiger partial charge in [-0.1, -0.05) is 55.5 Å². The average molecular weight is 300 g/mol. The van der Waals surface area contributed by atoms with Crippen molar-refractivity contribution in [2.75, 3.05) is 0 Å². The first kappa shape index (κ1) is 14.2. The zero-order chi connectivity index (χ0) is 14.7. The van der Waals surface area contributed by atoms with Gasteiger partial charge in [-0.25, -0.2) is 0 Å². The highest BCUT2D eigenvalue weighted by atomic mass is 35.5. The van der Waals surface area contributed by atoms with Gasteiger partial charge in [-0.2, -0.15) is 0 Å². The second-order valence-electron chi connectivity index (χ2n) is 5.10. The van der Waals surface area contributed by atoms with Gasteiger partial charge in [0.05, 0.1) is 0 Å². The van der Waals surface area contributed by atoms with E-state index in [1.54, 1.807) is 0 Å². The Balaban J connectivity index is 1.81. The number of fused-ring (bicyclic) bond motifs is 1. The molecular formula is C18H18ClNO. The minimum atomic E-state index is 0.316. The van der Waals surface area contributed by atoms with Crippen molar-refractivity contribution in [3.05, 3.63) is 70.9 Å². The van der Waals surface area contributed by atoms with Crippen molar-refractivity contribution in [2.45, 2.75) is 25.9 Å². The molecule has 21 heavy (non-hydrogen) atoms. The number of benzene rings is 2.